The van der Waals surface area contributed by atoms with Crippen LogP contribution in [-0.2, 0) is 10.0 Å². The quantitative estimate of drug-likeness (QED) is 0.775. The summed E-state index contributed by atoms with van der Waals surface area (Å²) in [4.78, 5) is 5.03. The lowest BCUT2D eigenvalue weighted by Gasteiger charge is -2.06. The van der Waals surface area contributed by atoms with E-state index in [4.69, 9.17) is 0 Å². The van der Waals surface area contributed by atoms with Crippen LogP contribution < -0.4 is 4.72 Å². The molecule has 0 spiro atoms. The molecule has 8 nitrogen and oxygen atoms in total. The maximum Gasteiger partial charge on any atom is 0.263 e. The summed E-state index contributed by atoms with van der Waals surface area (Å²) in [7, 11) is -3.70. The zero-order chi connectivity index (χ0) is 14.9. The monoisotopic (exact) mass is 322 g/mol. The smallest absolute Gasteiger partial charge is 0.255 e. The highest BCUT2D eigenvalue weighted by molar-refractivity contribution is 7.93. The van der Waals surface area contributed by atoms with Crippen LogP contribution in [0.1, 0.15) is 4.88 Å². The molecule has 0 aliphatic carbocycles. The van der Waals surface area contributed by atoms with Crippen LogP contribution in [-0.4, -0.2) is 33.6 Å². The molecule has 0 fully saturated rings. The highest BCUT2D eigenvalue weighted by atomic mass is 32.2. The molecule has 0 aliphatic heterocycles. The summed E-state index contributed by atoms with van der Waals surface area (Å²) >= 11 is 1.27. The Labute approximate surface area is 124 Å². The summed E-state index contributed by atoms with van der Waals surface area (Å²) < 4.78 is 28.5. The summed E-state index contributed by atoms with van der Waals surface area (Å²) in [6, 6.07) is 6.32. The Morgan fingerprint density at radius 1 is 1.33 bits per heavy atom. The van der Waals surface area contributed by atoms with Crippen molar-refractivity contribution in [2.45, 2.75) is 11.8 Å². The Morgan fingerprint density at radius 2 is 2.19 bits per heavy atom. The predicted molar refractivity (Wildman–Crippen MR) is 76.8 cm³/mol. The standard InChI is InChI=1S/C11H10N6O2S2/c1-8-6-12-11(20-8)14-21(18,19)10-4-2-3-9(5-10)17-7-13-15-16-17/h2-7H,1H3,(H,12,14). The summed E-state index contributed by atoms with van der Waals surface area (Å²) in [5.74, 6) is 0. The number of thiazole rings is 1. The first-order valence-corrected chi connectivity index (χ1v) is 8.13. The Morgan fingerprint density at radius 3 is 2.86 bits per heavy atom. The molecular formula is C11H10N6O2S2. The molecule has 0 atom stereocenters. The van der Waals surface area contributed by atoms with Crippen LogP contribution in [0.25, 0.3) is 5.69 Å². The number of hydrogen-bond acceptors (Lipinski definition) is 7. The highest BCUT2D eigenvalue weighted by Gasteiger charge is 2.16. The van der Waals surface area contributed by atoms with Crippen LogP contribution in [0.15, 0.2) is 41.7 Å². The summed E-state index contributed by atoms with van der Waals surface area (Å²) in [6.45, 7) is 1.85. The van der Waals surface area contributed by atoms with Crippen molar-refractivity contribution < 1.29 is 8.42 Å². The van der Waals surface area contributed by atoms with E-state index < -0.39 is 10.0 Å². The first-order valence-electron chi connectivity index (χ1n) is 5.83. The molecule has 2 aromatic heterocycles. The SMILES string of the molecule is Cc1cnc(NS(=O)(=O)c2cccc(-n3cnnn3)c2)s1. The minimum absolute atomic E-state index is 0.114. The molecule has 0 bridgehead atoms. The number of nitrogens with zero attached hydrogens (tertiary/aromatic N) is 5. The van der Waals surface area contributed by atoms with E-state index in [9.17, 15) is 8.42 Å². The molecule has 0 amide bonds. The van der Waals surface area contributed by atoms with Gasteiger partial charge in [0.1, 0.15) is 6.33 Å². The molecule has 1 N–H and O–H groups in total. The Bertz CT molecular complexity index is 856. The zero-order valence-corrected chi connectivity index (χ0v) is 12.5. The Balaban J connectivity index is 1.94. The second-order valence-corrected chi connectivity index (χ2v) is 7.05. The lowest BCUT2D eigenvalue weighted by atomic mass is 10.3. The molecule has 10 heteroatoms. The van der Waals surface area contributed by atoms with Crippen LogP contribution in [0.2, 0.25) is 0 Å². The van der Waals surface area contributed by atoms with Crippen molar-refractivity contribution >= 4 is 26.5 Å². The molecule has 3 aromatic rings. The van der Waals surface area contributed by atoms with Crippen molar-refractivity contribution in [1.82, 2.24) is 25.2 Å². The number of aryl methyl sites for hydroxylation is 1. The third-order valence-corrected chi connectivity index (χ3v) is 4.88. The minimum Gasteiger partial charge on any atom is -0.255 e. The third kappa shape index (κ3) is 2.90. The van der Waals surface area contributed by atoms with Crippen LogP contribution >= 0.6 is 11.3 Å². The van der Waals surface area contributed by atoms with Gasteiger partial charge in [0.15, 0.2) is 5.13 Å². The molecule has 2 heterocycles. The van der Waals surface area contributed by atoms with Crippen LogP contribution in [0.4, 0.5) is 5.13 Å². The number of rotatable bonds is 4. The first kappa shape index (κ1) is 13.6. The number of tetrazole rings is 1. The molecule has 0 aliphatic rings. The lowest BCUT2D eigenvalue weighted by Crippen LogP contribution is -2.13. The highest BCUT2D eigenvalue weighted by Crippen LogP contribution is 2.22. The van der Waals surface area contributed by atoms with Crippen molar-refractivity contribution in [2.75, 3.05) is 4.72 Å². The molecule has 21 heavy (non-hydrogen) atoms. The summed E-state index contributed by atoms with van der Waals surface area (Å²) in [6.07, 6.45) is 3.00. The average molecular weight is 322 g/mol. The van der Waals surface area contributed by atoms with E-state index in [-0.39, 0.29) is 4.90 Å². The van der Waals surface area contributed by atoms with Crippen LogP contribution in [0, 0.1) is 6.92 Å². The van der Waals surface area contributed by atoms with Crippen molar-refractivity contribution in [1.29, 1.82) is 0 Å². The van der Waals surface area contributed by atoms with Gasteiger partial charge in [-0.25, -0.2) is 18.1 Å². The van der Waals surface area contributed by atoms with E-state index in [1.807, 2.05) is 6.92 Å². The number of sulfonamides is 1. The van der Waals surface area contributed by atoms with Crippen molar-refractivity contribution in [3.05, 3.63) is 41.7 Å². The van der Waals surface area contributed by atoms with Gasteiger partial charge in [-0.2, -0.15) is 0 Å². The Kier molecular flexibility index (Phi) is 3.39. The van der Waals surface area contributed by atoms with Crippen LogP contribution in [0.3, 0.4) is 0 Å². The van der Waals surface area contributed by atoms with Crippen LogP contribution in [0.5, 0.6) is 0 Å². The normalized spacial score (nSPS) is 11.5. The van der Waals surface area contributed by atoms with Crippen molar-refractivity contribution in [2.24, 2.45) is 0 Å². The molecule has 108 valence electrons. The topological polar surface area (TPSA) is 103 Å². The van der Waals surface area contributed by atoms with Gasteiger partial charge >= 0.3 is 0 Å². The summed E-state index contributed by atoms with van der Waals surface area (Å²) in [5, 5.41) is 11.1. The van der Waals surface area contributed by atoms with E-state index >= 15 is 0 Å². The minimum atomic E-state index is -3.70. The lowest BCUT2D eigenvalue weighted by molar-refractivity contribution is 0.601. The average Bonchev–Trinajstić information content (AvgIpc) is 3.10. The number of hydrogen-bond donors (Lipinski definition) is 1. The zero-order valence-electron chi connectivity index (χ0n) is 10.8. The predicted octanol–water partition coefficient (Wildman–Crippen LogP) is 1.23. The maximum absolute atomic E-state index is 12.3. The van der Waals surface area contributed by atoms with E-state index in [0.717, 1.165) is 4.88 Å². The molecule has 0 radical (unpaired) electrons. The Hall–Kier alpha value is -2.33. The number of nitrogens with one attached hydrogen (secondary N) is 1. The summed E-state index contributed by atoms with van der Waals surface area (Å²) in [5.41, 5.74) is 0.554. The fourth-order valence-corrected chi connectivity index (χ4v) is 3.59. The fraction of sp³-hybridized carbons (Fsp3) is 0.0909. The van der Waals surface area contributed by atoms with Gasteiger partial charge in [-0.1, -0.05) is 6.07 Å². The number of aromatic nitrogens is 5. The van der Waals surface area contributed by atoms with Gasteiger partial charge in [0.2, 0.25) is 0 Å². The van der Waals surface area contributed by atoms with Gasteiger partial charge < -0.3 is 0 Å². The molecule has 1 aromatic carbocycles. The van der Waals surface area contributed by atoms with Gasteiger partial charge in [-0.15, -0.1) is 16.4 Å². The molecule has 0 saturated heterocycles. The molecule has 3 rings (SSSR count). The van der Waals surface area contributed by atoms with E-state index in [1.54, 1.807) is 18.3 Å². The number of anilines is 1. The van der Waals surface area contributed by atoms with Crippen molar-refractivity contribution in [3.8, 4) is 5.69 Å². The second-order valence-electron chi connectivity index (χ2n) is 4.13. The first-order chi connectivity index (χ1) is 10.0. The van der Waals surface area contributed by atoms with E-state index in [0.29, 0.717) is 10.8 Å². The van der Waals surface area contributed by atoms with Gasteiger partial charge in [-0.3, -0.25) is 4.72 Å². The van der Waals surface area contributed by atoms with Crippen molar-refractivity contribution in [3.63, 3.8) is 0 Å². The largest absolute Gasteiger partial charge is 0.263 e. The molecule has 0 saturated carbocycles. The second kappa shape index (κ2) is 5.22. The fourth-order valence-electron chi connectivity index (χ4n) is 1.65. The number of benzene rings is 1. The third-order valence-electron chi connectivity index (χ3n) is 2.58. The van der Waals surface area contributed by atoms with Gasteiger partial charge in [0.25, 0.3) is 10.0 Å². The van der Waals surface area contributed by atoms with Gasteiger partial charge in [0.05, 0.1) is 10.6 Å². The van der Waals surface area contributed by atoms with E-state index in [1.165, 1.54) is 34.5 Å². The van der Waals surface area contributed by atoms with E-state index in [2.05, 4.69) is 25.2 Å². The van der Waals surface area contributed by atoms with Gasteiger partial charge in [-0.05, 0) is 35.5 Å². The molecule has 0 unspecified atom stereocenters. The maximum atomic E-state index is 12.3. The van der Waals surface area contributed by atoms with Gasteiger partial charge in [0, 0.05) is 11.1 Å². The molecular weight excluding hydrogens is 312 g/mol.